The van der Waals surface area contributed by atoms with Crippen LogP contribution in [0, 0.1) is 24.7 Å². The zero-order valence-corrected chi connectivity index (χ0v) is 23.3. The molecule has 0 heterocycles. The summed E-state index contributed by atoms with van der Waals surface area (Å²) in [5.41, 5.74) is 5.13. The smallest absolute Gasteiger partial charge is 0.150 e. The summed E-state index contributed by atoms with van der Waals surface area (Å²) in [5.74, 6) is 6.64. The molecule has 0 atom stereocenters. The second-order valence-corrected chi connectivity index (χ2v) is 10.4. The number of hydrogen-bond donors (Lipinski definition) is 0. The fourth-order valence-electron chi connectivity index (χ4n) is 3.40. The predicted octanol–water partition coefficient (Wildman–Crippen LogP) is 9.83. The van der Waals surface area contributed by atoms with E-state index < -0.39 is 0 Å². The molecule has 0 spiro atoms. The molecule has 160 valence electrons. The van der Waals surface area contributed by atoms with Crippen LogP contribution >= 0.6 is 63.7 Å². The van der Waals surface area contributed by atoms with Crippen LogP contribution in [-0.4, -0.2) is 0 Å². The molecule has 4 rings (SSSR count). The molecule has 4 aromatic carbocycles. The first-order valence-corrected chi connectivity index (χ1v) is 12.9. The second kappa shape index (κ2) is 10.3. The highest BCUT2D eigenvalue weighted by Crippen LogP contribution is 2.47. The van der Waals surface area contributed by atoms with Gasteiger partial charge in [0.15, 0.2) is 11.5 Å². The minimum atomic E-state index is 0.606. The molecular formula is C28H14Br4O. The SMILES string of the molecule is C#Cc1ccc(-c2cccc(Br)c2)c(Oc2c(-c3cccc(Br)c3)ccc(C#C)c2Br)c1Br. The molecule has 0 aliphatic carbocycles. The normalized spacial score (nSPS) is 10.4. The van der Waals surface area contributed by atoms with Crippen LogP contribution in [0.2, 0.25) is 0 Å². The Bertz CT molecular complexity index is 1350. The van der Waals surface area contributed by atoms with Crippen molar-refractivity contribution in [2.45, 2.75) is 0 Å². The zero-order chi connectivity index (χ0) is 23.5. The maximum atomic E-state index is 6.66. The quantitative estimate of drug-likeness (QED) is 0.195. The summed E-state index contributed by atoms with van der Waals surface area (Å²) in [6, 6.07) is 23.8. The highest BCUT2D eigenvalue weighted by Gasteiger charge is 2.20. The first-order chi connectivity index (χ1) is 15.9. The van der Waals surface area contributed by atoms with E-state index in [1.807, 2.05) is 72.8 Å². The summed E-state index contributed by atoms with van der Waals surface area (Å²) in [4.78, 5) is 0. The topological polar surface area (TPSA) is 9.23 Å². The third-order valence-electron chi connectivity index (χ3n) is 4.98. The molecular weight excluding hydrogens is 672 g/mol. The minimum absolute atomic E-state index is 0.606. The van der Waals surface area contributed by atoms with Crippen molar-refractivity contribution in [3.8, 4) is 58.4 Å². The van der Waals surface area contributed by atoms with E-state index in [2.05, 4.69) is 75.6 Å². The molecule has 5 heteroatoms. The van der Waals surface area contributed by atoms with Gasteiger partial charge in [0, 0.05) is 31.2 Å². The zero-order valence-electron chi connectivity index (χ0n) is 17.0. The van der Waals surface area contributed by atoms with E-state index in [0.29, 0.717) is 31.6 Å². The van der Waals surface area contributed by atoms with Crippen molar-refractivity contribution in [1.82, 2.24) is 0 Å². The van der Waals surface area contributed by atoms with Gasteiger partial charge >= 0.3 is 0 Å². The number of terminal acetylenes is 2. The Balaban J connectivity index is 1.98. The Morgan fingerprint density at radius 1 is 0.576 bits per heavy atom. The lowest BCUT2D eigenvalue weighted by Gasteiger charge is -2.19. The van der Waals surface area contributed by atoms with Gasteiger partial charge < -0.3 is 4.74 Å². The van der Waals surface area contributed by atoms with Crippen LogP contribution in [0.4, 0.5) is 0 Å². The standard InChI is InChI=1S/C28H14Br4O/c1-3-17-11-13-23(19-7-5-9-21(29)15-19)27(25(17)31)33-28-24(14-12-18(4-2)26(28)32)20-8-6-10-22(30)16-20/h1-2,5-16H. The summed E-state index contributed by atoms with van der Waals surface area (Å²) in [7, 11) is 0. The molecule has 0 N–H and O–H groups in total. The van der Waals surface area contributed by atoms with E-state index in [-0.39, 0.29) is 0 Å². The Hall–Kier alpha value is -2.28. The largest absolute Gasteiger partial charge is 0.454 e. The van der Waals surface area contributed by atoms with Crippen LogP contribution in [-0.2, 0) is 0 Å². The van der Waals surface area contributed by atoms with Gasteiger partial charge in [-0.25, -0.2) is 0 Å². The molecule has 0 saturated heterocycles. The first kappa shape index (κ1) is 23.9. The third-order valence-corrected chi connectivity index (χ3v) is 7.54. The molecule has 0 aromatic heterocycles. The van der Waals surface area contributed by atoms with Crippen molar-refractivity contribution in [2.24, 2.45) is 0 Å². The Kier molecular flexibility index (Phi) is 7.47. The van der Waals surface area contributed by atoms with Crippen LogP contribution in [0.15, 0.2) is 90.7 Å². The summed E-state index contributed by atoms with van der Waals surface area (Å²) < 4.78 is 9.98. The van der Waals surface area contributed by atoms with E-state index in [1.54, 1.807) is 0 Å². The Morgan fingerprint density at radius 3 is 1.36 bits per heavy atom. The minimum Gasteiger partial charge on any atom is -0.454 e. The van der Waals surface area contributed by atoms with E-state index >= 15 is 0 Å². The molecule has 0 amide bonds. The van der Waals surface area contributed by atoms with Crippen molar-refractivity contribution < 1.29 is 4.74 Å². The number of hydrogen-bond acceptors (Lipinski definition) is 1. The predicted molar refractivity (Wildman–Crippen MR) is 150 cm³/mol. The highest BCUT2D eigenvalue weighted by molar-refractivity contribution is 9.11. The van der Waals surface area contributed by atoms with Crippen LogP contribution in [0.25, 0.3) is 22.3 Å². The van der Waals surface area contributed by atoms with Crippen LogP contribution in [0.5, 0.6) is 11.5 Å². The maximum absolute atomic E-state index is 6.66. The van der Waals surface area contributed by atoms with Gasteiger partial charge in [-0.1, -0.05) is 68.0 Å². The van der Waals surface area contributed by atoms with E-state index in [0.717, 1.165) is 31.2 Å². The van der Waals surface area contributed by atoms with Gasteiger partial charge in [0.05, 0.1) is 8.95 Å². The summed E-state index contributed by atoms with van der Waals surface area (Å²) in [6.07, 6.45) is 11.5. The molecule has 33 heavy (non-hydrogen) atoms. The molecule has 0 radical (unpaired) electrons. The fraction of sp³-hybridized carbons (Fsp3) is 0. The molecule has 0 saturated carbocycles. The van der Waals surface area contributed by atoms with Crippen LogP contribution in [0.1, 0.15) is 11.1 Å². The monoisotopic (exact) mass is 682 g/mol. The molecule has 0 aliphatic rings. The van der Waals surface area contributed by atoms with Gasteiger partial charge in [0.1, 0.15) is 0 Å². The number of benzene rings is 4. The molecule has 0 bridgehead atoms. The van der Waals surface area contributed by atoms with Gasteiger partial charge in [-0.3, -0.25) is 0 Å². The van der Waals surface area contributed by atoms with Gasteiger partial charge in [0.2, 0.25) is 0 Å². The van der Waals surface area contributed by atoms with Gasteiger partial charge in [-0.15, -0.1) is 12.8 Å². The van der Waals surface area contributed by atoms with Crippen molar-refractivity contribution in [3.05, 3.63) is 102 Å². The molecule has 0 aliphatic heterocycles. The first-order valence-electron chi connectivity index (χ1n) is 9.71. The van der Waals surface area contributed by atoms with Crippen LogP contribution < -0.4 is 4.74 Å². The average Bonchev–Trinajstić information content (AvgIpc) is 2.81. The molecule has 0 fully saturated rings. The molecule has 4 aromatic rings. The third kappa shape index (κ3) is 4.98. The van der Waals surface area contributed by atoms with Crippen molar-refractivity contribution in [3.63, 3.8) is 0 Å². The number of rotatable bonds is 4. The lowest BCUT2D eigenvalue weighted by Crippen LogP contribution is -1.97. The fourth-order valence-corrected chi connectivity index (χ4v) is 5.28. The van der Waals surface area contributed by atoms with E-state index in [4.69, 9.17) is 17.6 Å². The molecule has 1 nitrogen and oxygen atoms in total. The van der Waals surface area contributed by atoms with Crippen molar-refractivity contribution >= 4 is 63.7 Å². The summed E-state index contributed by atoms with van der Waals surface area (Å²) in [5, 5.41) is 0. The van der Waals surface area contributed by atoms with Crippen molar-refractivity contribution in [2.75, 3.05) is 0 Å². The second-order valence-electron chi connectivity index (χ2n) is 7.02. The van der Waals surface area contributed by atoms with E-state index in [1.165, 1.54) is 0 Å². The average molecular weight is 686 g/mol. The molecule has 0 unspecified atom stereocenters. The number of ether oxygens (including phenoxy) is 1. The summed E-state index contributed by atoms with van der Waals surface area (Å²) in [6.45, 7) is 0. The Labute approximate surface area is 227 Å². The lowest BCUT2D eigenvalue weighted by molar-refractivity contribution is 0.480. The highest BCUT2D eigenvalue weighted by atomic mass is 79.9. The van der Waals surface area contributed by atoms with Crippen LogP contribution in [0.3, 0.4) is 0 Å². The Morgan fingerprint density at radius 2 is 1.00 bits per heavy atom. The van der Waals surface area contributed by atoms with Crippen molar-refractivity contribution in [1.29, 1.82) is 0 Å². The van der Waals surface area contributed by atoms with Gasteiger partial charge in [-0.05, 0) is 91.5 Å². The number of halogens is 4. The summed E-state index contributed by atoms with van der Waals surface area (Å²) >= 11 is 14.5. The van der Waals surface area contributed by atoms with Gasteiger partial charge in [-0.2, -0.15) is 0 Å². The van der Waals surface area contributed by atoms with E-state index in [9.17, 15) is 0 Å². The van der Waals surface area contributed by atoms with Gasteiger partial charge in [0.25, 0.3) is 0 Å². The lowest BCUT2D eigenvalue weighted by atomic mass is 10.0. The maximum Gasteiger partial charge on any atom is 0.150 e.